The molecule has 1 atom stereocenters. The third kappa shape index (κ3) is 4.89. The van der Waals surface area contributed by atoms with Crippen LogP contribution in [0.1, 0.15) is 74.5 Å². The van der Waals surface area contributed by atoms with E-state index in [0.717, 1.165) is 36.8 Å². The van der Waals surface area contributed by atoms with Gasteiger partial charge >= 0.3 is 5.97 Å². The maximum atomic E-state index is 14.2. The first kappa shape index (κ1) is 25.9. The average Bonchev–Trinajstić information content (AvgIpc) is 3.38. The van der Waals surface area contributed by atoms with Gasteiger partial charge in [0.1, 0.15) is 5.82 Å². The highest BCUT2D eigenvalue weighted by molar-refractivity contribution is 5.89. The van der Waals surface area contributed by atoms with Crippen LogP contribution in [0.2, 0.25) is 0 Å². The Morgan fingerprint density at radius 1 is 1.08 bits per heavy atom. The molecule has 0 bridgehead atoms. The van der Waals surface area contributed by atoms with E-state index in [1.165, 1.54) is 12.1 Å². The number of nitriles is 1. The number of rotatable bonds is 7. The second-order valence-corrected chi connectivity index (χ2v) is 10.4. The van der Waals surface area contributed by atoms with Crippen molar-refractivity contribution in [1.82, 2.24) is 4.90 Å². The van der Waals surface area contributed by atoms with Crippen molar-refractivity contribution < 1.29 is 18.7 Å². The highest BCUT2D eigenvalue weighted by Gasteiger charge is 2.49. The average molecular weight is 491 g/mol. The van der Waals surface area contributed by atoms with Gasteiger partial charge in [0.25, 0.3) is 0 Å². The number of hydrogen-bond acceptors (Lipinski definition) is 4. The van der Waals surface area contributed by atoms with Gasteiger partial charge < -0.3 is 9.64 Å². The SMILES string of the molecule is CCOC(=O)CC1(C(C#N)c2cc(F)ccc2C)CCN(C(=O)C2(c3ccccc3)CCCC2)CC1. The minimum absolute atomic E-state index is 0.0703. The van der Waals surface area contributed by atoms with Crippen molar-refractivity contribution in [3.05, 3.63) is 71.0 Å². The van der Waals surface area contributed by atoms with Gasteiger partial charge in [-0.05, 0) is 68.4 Å². The molecule has 0 spiro atoms. The van der Waals surface area contributed by atoms with Crippen molar-refractivity contribution in [3.63, 3.8) is 0 Å². The molecule has 1 saturated heterocycles. The second-order valence-electron chi connectivity index (χ2n) is 10.4. The summed E-state index contributed by atoms with van der Waals surface area (Å²) in [5.74, 6) is -1.29. The minimum Gasteiger partial charge on any atom is -0.466 e. The van der Waals surface area contributed by atoms with Crippen molar-refractivity contribution in [1.29, 1.82) is 5.26 Å². The molecule has 2 aromatic carbocycles. The number of carbonyl (C=O) groups is 2. The molecule has 2 aliphatic rings. The van der Waals surface area contributed by atoms with E-state index >= 15 is 0 Å². The normalized spacial score (nSPS) is 19.3. The van der Waals surface area contributed by atoms with Crippen LogP contribution in [0.5, 0.6) is 0 Å². The quantitative estimate of drug-likeness (QED) is 0.459. The van der Waals surface area contributed by atoms with Crippen LogP contribution in [-0.2, 0) is 19.7 Å². The summed E-state index contributed by atoms with van der Waals surface area (Å²) in [7, 11) is 0. The molecule has 1 amide bonds. The van der Waals surface area contributed by atoms with Gasteiger partial charge in [0.15, 0.2) is 0 Å². The maximum Gasteiger partial charge on any atom is 0.306 e. The van der Waals surface area contributed by atoms with Crippen molar-refractivity contribution in [2.24, 2.45) is 5.41 Å². The molecule has 1 unspecified atom stereocenters. The topological polar surface area (TPSA) is 70.4 Å². The fourth-order valence-electron chi connectivity index (χ4n) is 6.35. The Balaban J connectivity index is 1.63. The van der Waals surface area contributed by atoms with Crippen LogP contribution in [0.25, 0.3) is 0 Å². The molecule has 0 N–H and O–H groups in total. The Morgan fingerprint density at radius 2 is 1.75 bits per heavy atom. The maximum absolute atomic E-state index is 14.2. The van der Waals surface area contributed by atoms with Gasteiger partial charge in [-0.25, -0.2) is 4.39 Å². The first-order valence-corrected chi connectivity index (χ1v) is 13.0. The van der Waals surface area contributed by atoms with E-state index in [-0.39, 0.29) is 24.9 Å². The standard InChI is InChI=1S/C30H35FN2O3/c1-3-36-27(34)20-29(26(21-32)25-19-24(31)12-11-22(25)2)15-17-33(18-16-29)28(35)30(13-7-8-14-30)23-9-5-4-6-10-23/h4-6,9-12,19,26H,3,7-8,13-18,20H2,1-2H3. The number of likely N-dealkylation sites (tertiary alicyclic amines) is 1. The van der Waals surface area contributed by atoms with Gasteiger partial charge in [-0.3, -0.25) is 9.59 Å². The number of hydrogen-bond donors (Lipinski definition) is 0. The molecule has 1 aliphatic carbocycles. The highest BCUT2D eigenvalue weighted by atomic mass is 19.1. The fourth-order valence-corrected chi connectivity index (χ4v) is 6.35. The molecule has 5 nitrogen and oxygen atoms in total. The van der Waals surface area contributed by atoms with Crippen LogP contribution in [0.4, 0.5) is 4.39 Å². The fraction of sp³-hybridized carbons (Fsp3) is 0.500. The number of carbonyl (C=O) groups excluding carboxylic acids is 2. The molecule has 0 aromatic heterocycles. The Hall–Kier alpha value is -3.20. The molecule has 1 aliphatic heterocycles. The summed E-state index contributed by atoms with van der Waals surface area (Å²) < 4.78 is 19.5. The number of benzene rings is 2. The molecule has 0 radical (unpaired) electrons. The summed E-state index contributed by atoms with van der Waals surface area (Å²) >= 11 is 0. The summed E-state index contributed by atoms with van der Waals surface area (Å²) in [6, 6.07) is 16.9. The van der Waals surface area contributed by atoms with Gasteiger partial charge in [-0.1, -0.05) is 49.2 Å². The second kappa shape index (κ2) is 10.8. The first-order chi connectivity index (χ1) is 17.3. The third-order valence-electron chi connectivity index (χ3n) is 8.33. The Bertz CT molecular complexity index is 1130. The van der Waals surface area contributed by atoms with Gasteiger partial charge in [-0.2, -0.15) is 5.26 Å². The first-order valence-electron chi connectivity index (χ1n) is 13.0. The summed E-state index contributed by atoms with van der Waals surface area (Å²) in [4.78, 5) is 28.6. The zero-order valence-corrected chi connectivity index (χ0v) is 21.3. The highest BCUT2D eigenvalue weighted by Crippen LogP contribution is 2.50. The number of esters is 1. The van der Waals surface area contributed by atoms with Crippen molar-refractivity contribution in [2.45, 2.75) is 70.1 Å². The molecule has 2 fully saturated rings. The Morgan fingerprint density at radius 3 is 2.36 bits per heavy atom. The Kier molecular flexibility index (Phi) is 7.78. The summed E-state index contributed by atoms with van der Waals surface area (Å²) in [5, 5.41) is 10.3. The molecular formula is C30H35FN2O3. The molecule has 4 rings (SSSR count). The number of nitrogens with zero attached hydrogens (tertiary/aromatic N) is 2. The number of piperidine rings is 1. The number of ether oxygens (including phenoxy) is 1. The monoisotopic (exact) mass is 490 g/mol. The van der Waals surface area contributed by atoms with E-state index < -0.39 is 22.6 Å². The van der Waals surface area contributed by atoms with E-state index in [2.05, 4.69) is 18.2 Å². The lowest BCUT2D eigenvalue weighted by atomic mass is 9.64. The molecule has 1 saturated carbocycles. The summed E-state index contributed by atoms with van der Waals surface area (Å²) in [5.41, 5.74) is 1.26. The lowest BCUT2D eigenvalue weighted by molar-refractivity contribution is -0.148. The zero-order valence-electron chi connectivity index (χ0n) is 21.3. The van der Waals surface area contributed by atoms with Crippen molar-refractivity contribution in [3.8, 4) is 6.07 Å². The van der Waals surface area contributed by atoms with Crippen LogP contribution < -0.4 is 0 Å². The van der Waals surface area contributed by atoms with Gasteiger partial charge in [0.05, 0.1) is 30.4 Å². The van der Waals surface area contributed by atoms with Gasteiger partial charge in [0, 0.05) is 18.5 Å². The molecule has 1 heterocycles. The number of halogens is 1. The van der Waals surface area contributed by atoms with Crippen LogP contribution in [-0.4, -0.2) is 36.5 Å². The largest absolute Gasteiger partial charge is 0.466 e. The summed E-state index contributed by atoms with van der Waals surface area (Å²) in [6.45, 7) is 4.79. The molecule has 6 heteroatoms. The van der Waals surface area contributed by atoms with E-state index in [1.807, 2.05) is 30.0 Å². The lowest BCUT2D eigenvalue weighted by Gasteiger charge is -2.46. The molecular weight excluding hydrogens is 455 g/mol. The predicted molar refractivity (Wildman–Crippen MR) is 136 cm³/mol. The van der Waals surface area contributed by atoms with Crippen LogP contribution >= 0.6 is 0 Å². The van der Waals surface area contributed by atoms with Crippen LogP contribution in [0, 0.1) is 29.5 Å². The Labute approximate surface area is 213 Å². The molecule has 2 aromatic rings. The van der Waals surface area contributed by atoms with Crippen molar-refractivity contribution in [2.75, 3.05) is 19.7 Å². The van der Waals surface area contributed by atoms with E-state index in [1.54, 1.807) is 13.0 Å². The summed E-state index contributed by atoms with van der Waals surface area (Å²) in [6.07, 6.45) is 4.76. The van der Waals surface area contributed by atoms with E-state index in [9.17, 15) is 19.2 Å². The van der Waals surface area contributed by atoms with E-state index in [4.69, 9.17) is 4.74 Å². The van der Waals surface area contributed by atoms with E-state index in [0.29, 0.717) is 31.5 Å². The smallest absolute Gasteiger partial charge is 0.306 e. The number of amides is 1. The minimum atomic E-state index is -0.730. The van der Waals surface area contributed by atoms with Crippen LogP contribution in [0.3, 0.4) is 0 Å². The molecule has 36 heavy (non-hydrogen) atoms. The lowest BCUT2D eigenvalue weighted by Crippen LogP contribution is -2.52. The third-order valence-corrected chi connectivity index (χ3v) is 8.33. The van der Waals surface area contributed by atoms with Crippen molar-refractivity contribution >= 4 is 11.9 Å². The van der Waals surface area contributed by atoms with Crippen LogP contribution in [0.15, 0.2) is 48.5 Å². The predicted octanol–water partition coefficient (Wildman–Crippen LogP) is 5.82. The van der Waals surface area contributed by atoms with Gasteiger partial charge in [0.2, 0.25) is 5.91 Å². The molecule has 190 valence electrons. The number of aryl methyl sites for hydroxylation is 1. The van der Waals surface area contributed by atoms with Gasteiger partial charge in [-0.15, -0.1) is 0 Å². The zero-order chi connectivity index (χ0) is 25.8.